The lowest BCUT2D eigenvalue weighted by molar-refractivity contribution is 0.0491. The average Bonchev–Trinajstić information content (AvgIpc) is 3.02. The van der Waals surface area contributed by atoms with E-state index >= 15 is 4.39 Å². The Labute approximate surface area is 218 Å². The van der Waals surface area contributed by atoms with E-state index in [0.717, 1.165) is 11.0 Å². The van der Waals surface area contributed by atoms with E-state index in [2.05, 4.69) is 15.3 Å². The third-order valence-electron chi connectivity index (χ3n) is 6.71. The number of ether oxygens (including phenoxy) is 1. The molecule has 1 N–H and O–H groups in total. The fourth-order valence-corrected chi connectivity index (χ4v) is 5.17. The number of fused-ring (bicyclic) bond motifs is 2. The van der Waals surface area contributed by atoms with Gasteiger partial charge in [-0.25, -0.2) is 13.6 Å². The van der Waals surface area contributed by atoms with Gasteiger partial charge in [0.15, 0.2) is 11.6 Å². The number of carbonyl (C=O) groups excluding carboxylic acids is 3. The average molecular weight is 521 g/mol. The van der Waals surface area contributed by atoms with Crippen LogP contribution in [0.2, 0.25) is 0 Å². The predicted molar refractivity (Wildman–Crippen MR) is 132 cm³/mol. The van der Waals surface area contributed by atoms with Crippen molar-refractivity contribution < 1.29 is 27.9 Å². The Morgan fingerprint density at radius 3 is 2.21 bits per heavy atom. The summed E-state index contributed by atoms with van der Waals surface area (Å²) in [6, 6.07) is 8.56. The monoisotopic (exact) mass is 520 g/mol. The smallest absolute Gasteiger partial charge is 0.408 e. The number of aromatic nitrogens is 2. The zero-order chi connectivity index (χ0) is 27.2. The predicted octanol–water partition coefficient (Wildman–Crippen LogP) is 5.24. The van der Waals surface area contributed by atoms with E-state index in [9.17, 15) is 18.8 Å². The summed E-state index contributed by atoms with van der Waals surface area (Å²) >= 11 is 0. The lowest BCUT2D eigenvalue weighted by atomic mass is 9.86. The summed E-state index contributed by atoms with van der Waals surface area (Å²) in [4.78, 5) is 49.7. The number of nitrogens with zero attached hydrogens (tertiary/aromatic N) is 3. The summed E-state index contributed by atoms with van der Waals surface area (Å²) < 4.78 is 34.9. The Morgan fingerprint density at radius 1 is 0.947 bits per heavy atom. The van der Waals surface area contributed by atoms with Gasteiger partial charge in [-0.3, -0.25) is 24.5 Å². The Hall–Kier alpha value is -4.21. The van der Waals surface area contributed by atoms with E-state index in [1.54, 1.807) is 45.0 Å². The number of benzene rings is 2. The van der Waals surface area contributed by atoms with Crippen molar-refractivity contribution in [1.82, 2.24) is 20.2 Å². The minimum Gasteiger partial charge on any atom is -0.444 e. The number of nitrogens with one attached hydrogen (secondary N) is 1. The Balaban J connectivity index is 1.62. The minimum absolute atomic E-state index is 0.0330. The van der Waals surface area contributed by atoms with E-state index in [-0.39, 0.29) is 35.2 Å². The zero-order valence-corrected chi connectivity index (χ0v) is 21.1. The van der Waals surface area contributed by atoms with Gasteiger partial charge in [-0.2, -0.15) is 0 Å². The highest BCUT2D eigenvalue weighted by Crippen LogP contribution is 2.46. The van der Waals surface area contributed by atoms with E-state index in [4.69, 9.17) is 4.74 Å². The number of carbonyl (C=O) groups is 3. The third kappa shape index (κ3) is 4.51. The highest BCUT2D eigenvalue weighted by Gasteiger charge is 2.45. The van der Waals surface area contributed by atoms with E-state index in [1.165, 1.54) is 24.5 Å². The van der Waals surface area contributed by atoms with E-state index < -0.39 is 53.1 Å². The summed E-state index contributed by atoms with van der Waals surface area (Å²) in [7, 11) is 0. The van der Waals surface area contributed by atoms with Crippen LogP contribution in [0, 0.1) is 11.6 Å². The molecule has 1 aromatic heterocycles. The van der Waals surface area contributed by atoms with Crippen LogP contribution in [0.3, 0.4) is 0 Å². The molecule has 0 radical (unpaired) electrons. The highest BCUT2D eigenvalue weighted by molar-refractivity contribution is 6.21. The van der Waals surface area contributed by atoms with Crippen molar-refractivity contribution in [1.29, 1.82) is 0 Å². The summed E-state index contributed by atoms with van der Waals surface area (Å²) in [6.45, 7) is 5.11. The summed E-state index contributed by atoms with van der Waals surface area (Å²) in [5.74, 6) is -3.82. The molecule has 5 rings (SSSR count). The molecule has 0 unspecified atom stereocenters. The summed E-state index contributed by atoms with van der Waals surface area (Å²) in [5, 5.41) is 2.78. The van der Waals surface area contributed by atoms with Crippen molar-refractivity contribution in [3.63, 3.8) is 0 Å². The SMILES string of the molecule is CC(C)(C)OC(=O)N[C@@H]1c2nccnc2[C@H](N2C(=O)c3ccccc3C2=O)CC[C@H]1c1cccc(F)c1F. The molecule has 8 nitrogen and oxygen atoms in total. The van der Waals surface area contributed by atoms with Crippen molar-refractivity contribution in [3.8, 4) is 0 Å². The molecule has 1 aliphatic carbocycles. The van der Waals surface area contributed by atoms with Crippen LogP contribution in [0.1, 0.15) is 89.3 Å². The number of alkyl carbamates (subject to hydrolysis) is 1. The first-order chi connectivity index (χ1) is 18.1. The molecule has 3 atom stereocenters. The molecule has 2 heterocycles. The first-order valence-electron chi connectivity index (χ1n) is 12.3. The van der Waals surface area contributed by atoms with Gasteiger partial charge in [-0.15, -0.1) is 0 Å². The standard InChI is InChI=1S/C28H26F2N4O4/c1-28(2,3)38-27(37)33-22-16(15-9-6-10-19(29)21(15)30)11-12-20(23-24(22)32-14-13-31-23)34-25(35)17-7-4-5-8-18(17)26(34)36/h4-10,13-14,16,20,22H,11-12H2,1-3H3,(H,33,37)/t16-,20+,22-/m0/s1. The largest absolute Gasteiger partial charge is 0.444 e. The van der Waals surface area contributed by atoms with Gasteiger partial charge in [0.2, 0.25) is 0 Å². The number of halogens is 2. The van der Waals surface area contributed by atoms with Crippen molar-refractivity contribution in [2.75, 3.05) is 0 Å². The zero-order valence-electron chi connectivity index (χ0n) is 21.1. The van der Waals surface area contributed by atoms with Gasteiger partial charge in [-0.05, 0) is 57.4 Å². The van der Waals surface area contributed by atoms with Crippen LogP contribution in [0.25, 0.3) is 0 Å². The molecule has 196 valence electrons. The summed E-state index contributed by atoms with van der Waals surface area (Å²) in [6.07, 6.45) is 2.42. The maximum atomic E-state index is 15.1. The van der Waals surface area contributed by atoms with E-state index in [0.29, 0.717) is 5.69 Å². The van der Waals surface area contributed by atoms with Crippen LogP contribution >= 0.6 is 0 Å². The first kappa shape index (κ1) is 25.4. The van der Waals surface area contributed by atoms with Gasteiger partial charge in [0.25, 0.3) is 11.8 Å². The lowest BCUT2D eigenvalue weighted by Gasteiger charge is -2.29. The molecule has 38 heavy (non-hydrogen) atoms. The molecule has 0 bridgehead atoms. The van der Waals surface area contributed by atoms with Gasteiger partial charge < -0.3 is 10.1 Å². The molecule has 2 aliphatic rings. The van der Waals surface area contributed by atoms with Crippen LogP contribution in [-0.2, 0) is 4.74 Å². The van der Waals surface area contributed by atoms with Gasteiger partial charge in [0.1, 0.15) is 5.60 Å². The third-order valence-corrected chi connectivity index (χ3v) is 6.71. The molecule has 10 heteroatoms. The molecule has 2 aromatic carbocycles. The molecule has 3 aromatic rings. The molecule has 1 aliphatic heterocycles. The van der Waals surface area contributed by atoms with Gasteiger partial charge >= 0.3 is 6.09 Å². The maximum absolute atomic E-state index is 15.1. The van der Waals surface area contributed by atoms with Crippen molar-refractivity contribution in [2.45, 2.75) is 57.2 Å². The van der Waals surface area contributed by atoms with E-state index in [1.807, 2.05) is 0 Å². The van der Waals surface area contributed by atoms with Gasteiger partial charge in [-0.1, -0.05) is 24.3 Å². The second-order valence-corrected chi connectivity index (χ2v) is 10.3. The quantitative estimate of drug-likeness (QED) is 0.375. The molecule has 0 saturated heterocycles. The highest BCUT2D eigenvalue weighted by atomic mass is 19.2. The number of amides is 3. The second kappa shape index (κ2) is 9.59. The van der Waals surface area contributed by atoms with Crippen molar-refractivity contribution in [3.05, 3.63) is 94.6 Å². The molecular formula is C28H26F2N4O4. The second-order valence-electron chi connectivity index (χ2n) is 10.3. The summed E-state index contributed by atoms with van der Waals surface area (Å²) in [5.41, 5.74) is 0.313. The van der Waals surface area contributed by atoms with Crippen LogP contribution in [0.15, 0.2) is 54.9 Å². The van der Waals surface area contributed by atoms with Crippen LogP contribution in [-0.4, -0.2) is 38.4 Å². The molecule has 3 amide bonds. The number of hydrogen-bond acceptors (Lipinski definition) is 6. The normalized spacial score (nSPS) is 21.0. The molecule has 0 fully saturated rings. The molecular weight excluding hydrogens is 494 g/mol. The fourth-order valence-electron chi connectivity index (χ4n) is 5.17. The molecule has 0 spiro atoms. The van der Waals surface area contributed by atoms with Gasteiger partial charge in [0, 0.05) is 18.3 Å². The van der Waals surface area contributed by atoms with Crippen molar-refractivity contribution in [2.24, 2.45) is 0 Å². The Kier molecular flexibility index (Phi) is 6.42. The number of imide groups is 1. The van der Waals surface area contributed by atoms with Crippen LogP contribution < -0.4 is 5.32 Å². The topological polar surface area (TPSA) is 101 Å². The van der Waals surface area contributed by atoms with Crippen molar-refractivity contribution >= 4 is 17.9 Å². The minimum atomic E-state index is -1.04. The number of rotatable bonds is 3. The van der Waals surface area contributed by atoms with Crippen LogP contribution in [0.5, 0.6) is 0 Å². The maximum Gasteiger partial charge on any atom is 0.408 e. The number of hydrogen-bond donors (Lipinski definition) is 1. The molecule has 0 saturated carbocycles. The van der Waals surface area contributed by atoms with Gasteiger partial charge in [0.05, 0.1) is 34.6 Å². The Bertz CT molecular complexity index is 1400. The Morgan fingerprint density at radius 2 is 1.58 bits per heavy atom. The first-order valence-corrected chi connectivity index (χ1v) is 12.3. The fraction of sp³-hybridized carbons (Fsp3) is 0.321. The van der Waals surface area contributed by atoms with Crippen LogP contribution in [0.4, 0.5) is 13.6 Å². The lowest BCUT2D eigenvalue weighted by Crippen LogP contribution is -2.38.